The van der Waals surface area contributed by atoms with Crippen LogP contribution in [0.15, 0.2) is 29.2 Å². The van der Waals surface area contributed by atoms with Gasteiger partial charge in [0.15, 0.2) is 0 Å². The van der Waals surface area contributed by atoms with Crippen molar-refractivity contribution in [3.63, 3.8) is 0 Å². The molecule has 106 valence electrons. The minimum absolute atomic E-state index is 0.103. The molecule has 0 bridgehead atoms. The van der Waals surface area contributed by atoms with Gasteiger partial charge in [-0.1, -0.05) is 50.7 Å². The highest BCUT2D eigenvalue weighted by Crippen LogP contribution is 2.20. The van der Waals surface area contributed by atoms with Gasteiger partial charge >= 0.3 is 0 Å². The average molecular weight is 300 g/mol. The zero-order valence-corrected chi connectivity index (χ0v) is 12.9. The van der Waals surface area contributed by atoms with Crippen LogP contribution in [0, 0.1) is 0 Å². The summed E-state index contributed by atoms with van der Waals surface area (Å²) in [6.45, 7) is 4.81. The summed E-state index contributed by atoms with van der Waals surface area (Å²) in [5.41, 5.74) is 6.01. The monoisotopic (exact) mass is 300 g/mol. The largest absolute Gasteiger partial charge is 0.389 e. The van der Waals surface area contributed by atoms with E-state index in [1.54, 1.807) is 24.3 Å². The van der Waals surface area contributed by atoms with E-state index in [-0.39, 0.29) is 9.88 Å². The van der Waals surface area contributed by atoms with Crippen LogP contribution in [0.2, 0.25) is 0 Å². The molecule has 0 aliphatic heterocycles. The van der Waals surface area contributed by atoms with Crippen molar-refractivity contribution in [2.75, 3.05) is 13.1 Å². The molecular formula is C13H20N2O2S2. The molecule has 1 aromatic carbocycles. The standard InChI is InChI=1S/C13H20N2O2S2/c1-3-5-10-15(4-2)19(16,17)12-9-7-6-8-11(12)13(14)18/h6-9H,3-5,10H2,1-2H3,(H2,14,18). The van der Waals surface area contributed by atoms with Gasteiger partial charge in [0.25, 0.3) is 0 Å². The molecule has 0 aromatic heterocycles. The predicted octanol–water partition coefficient (Wildman–Crippen LogP) is 2.13. The molecule has 0 fully saturated rings. The summed E-state index contributed by atoms with van der Waals surface area (Å²) in [4.78, 5) is 0.297. The first-order chi connectivity index (χ1) is 8.95. The lowest BCUT2D eigenvalue weighted by Gasteiger charge is -2.21. The molecule has 1 aromatic rings. The maximum absolute atomic E-state index is 12.6. The van der Waals surface area contributed by atoms with Crippen molar-refractivity contribution < 1.29 is 8.42 Å². The van der Waals surface area contributed by atoms with Gasteiger partial charge in [0.2, 0.25) is 10.0 Å². The third-order valence-corrected chi connectivity index (χ3v) is 5.14. The molecule has 0 aliphatic rings. The van der Waals surface area contributed by atoms with Crippen molar-refractivity contribution >= 4 is 27.2 Å². The predicted molar refractivity (Wildman–Crippen MR) is 81.7 cm³/mol. The van der Waals surface area contributed by atoms with E-state index in [2.05, 4.69) is 0 Å². The minimum atomic E-state index is -3.53. The fourth-order valence-electron chi connectivity index (χ4n) is 1.82. The van der Waals surface area contributed by atoms with Gasteiger partial charge in [-0.3, -0.25) is 0 Å². The molecule has 0 spiro atoms. The Morgan fingerprint density at radius 1 is 1.32 bits per heavy atom. The van der Waals surface area contributed by atoms with E-state index >= 15 is 0 Å². The lowest BCUT2D eigenvalue weighted by molar-refractivity contribution is 0.419. The quantitative estimate of drug-likeness (QED) is 0.784. The molecular weight excluding hydrogens is 280 g/mol. The van der Waals surface area contributed by atoms with Gasteiger partial charge in [-0.2, -0.15) is 4.31 Å². The Labute approximate surface area is 120 Å². The first-order valence-electron chi connectivity index (χ1n) is 6.34. The Hall–Kier alpha value is -0.980. The van der Waals surface area contributed by atoms with Crippen molar-refractivity contribution in [3.05, 3.63) is 29.8 Å². The van der Waals surface area contributed by atoms with E-state index in [4.69, 9.17) is 18.0 Å². The molecule has 1 rings (SSSR count). The van der Waals surface area contributed by atoms with Crippen molar-refractivity contribution in [3.8, 4) is 0 Å². The lowest BCUT2D eigenvalue weighted by atomic mass is 10.2. The van der Waals surface area contributed by atoms with E-state index in [1.165, 1.54) is 4.31 Å². The molecule has 0 unspecified atom stereocenters. The summed E-state index contributed by atoms with van der Waals surface area (Å²) in [6.07, 6.45) is 1.78. The highest BCUT2D eigenvalue weighted by Gasteiger charge is 2.25. The Kier molecular flexibility index (Phi) is 5.90. The highest BCUT2D eigenvalue weighted by molar-refractivity contribution is 7.89. The summed E-state index contributed by atoms with van der Waals surface area (Å²) in [5, 5.41) is 0. The molecule has 0 amide bonds. The number of hydrogen-bond donors (Lipinski definition) is 1. The van der Waals surface area contributed by atoms with Gasteiger partial charge in [0.05, 0.1) is 4.90 Å². The Morgan fingerprint density at radius 2 is 1.95 bits per heavy atom. The second kappa shape index (κ2) is 6.98. The van der Waals surface area contributed by atoms with Crippen LogP contribution in [0.1, 0.15) is 32.3 Å². The van der Waals surface area contributed by atoms with Crippen LogP contribution in [-0.2, 0) is 10.0 Å². The zero-order chi connectivity index (χ0) is 14.5. The average Bonchev–Trinajstić information content (AvgIpc) is 2.39. The summed E-state index contributed by atoms with van der Waals surface area (Å²) in [5.74, 6) is 0. The number of sulfonamides is 1. The Bertz CT molecular complexity index is 541. The maximum Gasteiger partial charge on any atom is 0.243 e. The van der Waals surface area contributed by atoms with Crippen molar-refractivity contribution in [1.82, 2.24) is 4.31 Å². The first-order valence-corrected chi connectivity index (χ1v) is 8.19. The SMILES string of the molecule is CCCCN(CC)S(=O)(=O)c1ccccc1C(N)=S. The molecule has 0 saturated heterocycles. The van der Waals surface area contributed by atoms with Crippen LogP contribution in [0.3, 0.4) is 0 Å². The molecule has 4 nitrogen and oxygen atoms in total. The van der Waals surface area contributed by atoms with Gasteiger partial charge < -0.3 is 5.73 Å². The fraction of sp³-hybridized carbons (Fsp3) is 0.462. The van der Waals surface area contributed by atoms with Crippen LogP contribution < -0.4 is 5.73 Å². The number of nitrogens with zero attached hydrogens (tertiary/aromatic N) is 1. The topological polar surface area (TPSA) is 63.4 Å². The summed E-state index contributed by atoms with van der Waals surface area (Å²) in [6, 6.07) is 6.61. The number of nitrogens with two attached hydrogens (primary N) is 1. The van der Waals surface area contributed by atoms with Gasteiger partial charge in [-0.15, -0.1) is 0 Å². The molecule has 0 radical (unpaired) electrons. The van der Waals surface area contributed by atoms with Crippen LogP contribution in [-0.4, -0.2) is 30.8 Å². The molecule has 0 aliphatic carbocycles. The lowest BCUT2D eigenvalue weighted by Crippen LogP contribution is -2.33. The Balaban J connectivity index is 3.22. The second-order valence-electron chi connectivity index (χ2n) is 4.21. The third kappa shape index (κ3) is 3.75. The minimum Gasteiger partial charge on any atom is -0.389 e. The maximum atomic E-state index is 12.6. The fourth-order valence-corrected chi connectivity index (χ4v) is 3.75. The van der Waals surface area contributed by atoms with Crippen molar-refractivity contribution in [2.45, 2.75) is 31.6 Å². The van der Waals surface area contributed by atoms with Crippen molar-refractivity contribution in [2.24, 2.45) is 5.73 Å². The van der Waals surface area contributed by atoms with E-state index in [9.17, 15) is 8.42 Å². The summed E-state index contributed by atoms with van der Waals surface area (Å²) in [7, 11) is -3.53. The normalized spacial score (nSPS) is 11.7. The summed E-state index contributed by atoms with van der Waals surface area (Å²) >= 11 is 4.92. The molecule has 0 heterocycles. The van der Waals surface area contributed by atoms with Crippen LogP contribution >= 0.6 is 12.2 Å². The number of thiocarbonyl (C=S) groups is 1. The molecule has 0 saturated carbocycles. The zero-order valence-electron chi connectivity index (χ0n) is 11.3. The van der Waals surface area contributed by atoms with E-state index in [0.29, 0.717) is 18.7 Å². The smallest absolute Gasteiger partial charge is 0.243 e. The molecule has 0 atom stereocenters. The van der Waals surface area contributed by atoms with Crippen LogP contribution in [0.4, 0.5) is 0 Å². The number of unbranched alkanes of at least 4 members (excludes halogenated alkanes) is 1. The molecule has 19 heavy (non-hydrogen) atoms. The second-order valence-corrected chi connectivity index (χ2v) is 6.56. The molecule has 6 heteroatoms. The number of hydrogen-bond acceptors (Lipinski definition) is 3. The van der Waals surface area contributed by atoms with Gasteiger partial charge in [0, 0.05) is 18.7 Å². The van der Waals surface area contributed by atoms with Gasteiger partial charge in [-0.25, -0.2) is 8.42 Å². The number of benzene rings is 1. The van der Waals surface area contributed by atoms with Gasteiger partial charge in [0.1, 0.15) is 4.99 Å². The van der Waals surface area contributed by atoms with Gasteiger partial charge in [-0.05, 0) is 12.5 Å². The van der Waals surface area contributed by atoms with Crippen LogP contribution in [0.5, 0.6) is 0 Å². The Morgan fingerprint density at radius 3 is 2.47 bits per heavy atom. The summed E-state index contributed by atoms with van der Waals surface area (Å²) < 4.78 is 26.7. The van der Waals surface area contributed by atoms with E-state index in [1.807, 2.05) is 13.8 Å². The van der Waals surface area contributed by atoms with Crippen molar-refractivity contribution in [1.29, 1.82) is 0 Å². The first kappa shape index (κ1) is 16.1. The number of rotatable bonds is 7. The van der Waals surface area contributed by atoms with Crippen LogP contribution in [0.25, 0.3) is 0 Å². The van der Waals surface area contributed by atoms with E-state index in [0.717, 1.165) is 12.8 Å². The highest BCUT2D eigenvalue weighted by atomic mass is 32.2. The third-order valence-electron chi connectivity index (χ3n) is 2.88. The van der Waals surface area contributed by atoms with E-state index < -0.39 is 10.0 Å². The molecule has 2 N–H and O–H groups in total.